The molecule has 0 aromatic heterocycles. The lowest BCUT2D eigenvalue weighted by atomic mass is 9.89. The number of halogens is 1. The number of hydrogen-bond acceptors (Lipinski definition) is 3. The van der Waals surface area contributed by atoms with Crippen molar-refractivity contribution in [3.8, 4) is 5.75 Å². The fraction of sp³-hybridized carbons (Fsp3) is 0.320. The smallest absolute Gasteiger partial charge is 0.219 e. The number of carbonyl (C=O) groups excluding carboxylic acids is 1. The minimum Gasteiger partial charge on any atom is -0.508 e. The molecule has 0 bridgehead atoms. The van der Waals surface area contributed by atoms with Crippen LogP contribution < -0.4 is 0 Å². The highest BCUT2D eigenvalue weighted by molar-refractivity contribution is 5.84. The van der Waals surface area contributed by atoms with E-state index in [0.29, 0.717) is 11.8 Å². The maximum Gasteiger partial charge on any atom is 0.219 e. The van der Waals surface area contributed by atoms with Crippen LogP contribution in [0.25, 0.3) is 10.8 Å². The van der Waals surface area contributed by atoms with E-state index < -0.39 is 0 Å². The van der Waals surface area contributed by atoms with Crippen LogP contribution in [0.4, 0.5) is 4.39 Å². The van der Waals surface area contributed by atoms with E-state index in [0.717, 1.165) is 42.5 Å². The monoisotopic (exact) mass is 404 g/mol. The minimum absolute atomic E-state index is 0.0583. The second-order valence-corrected chi connectivity index (χ2v) is 8.66. The van der Waals surface area contributed by atoms with Crippen molar-refractivity contribution in [2.75, 3.05) is 19.6 Å². The number of phenolic OH excluding ortho intramolecular Hbond substituents is 1. The van der Waals surface area contributed by atoms with E-state index in [1.807, 2.05) is 23.1 Å². The Morgan fingerprint density at radius 2 is 1.83 bits per heavy atom. The summed E-state index contributed by atoms with van der Waals surface area (Å²) >= 11 is 0. The first-order chi connectivity index (χ1) is 14.5. The average molecular weight is 404 g/mol. The standard InChI is InChI=1S/C25H25FN2O2/c1-16(29)28-14-21-13-27(15-24(21)25(28)20-3-2-4-22(26)10-20)12-17-5-6-19-11-23(30)8-7-18(19)9-17/h2-11,21,24-25,30H,12-15H2,1H3/t21-,24-,25-/m1/s1. The molecular formula is C25H25FN2O2. The van der Waals surface area contributed by atoms with Gasteiger partial charge in [0.25, 0.3) is 0 Å². The van der Waals surface area contributed by atoms with Crippen LogP contribution in [0.2, 0.25) is 0 Å². The van der Waals surface area contributed by atoms with Crippen molar-refractivity contribution >= 4 is 16.7 Å². The first-order valence-corrected chi connectivity index (χ1v) is 10.4. The topological polar surface area (TPSA) is 43.8 Å². The van der Waals surface area contributed by atoms with Gasteiger partial charge in [-0.3, -0.25) is 9.69 Å². The second kappa shape index (κ2) is 7.40. The number of hydrogen-bond donors (Lipinski definition) is 1. The largest absolute Gasteiger partial charge is 0.508 e. The van der Waals surface area contributed by atoms with Gasteiger partial charge in [0, 0.05) is 39.0 Å². The van der Waals surface area contributed by atoms with Crippen molar-refractivity contribution in [3.05, 3.63) is 77.6 Å². The van der Waals surface area contributed by atoms with Crippen LogP contribution >= 0.6 is 0 Å². The van der Waals surface area contributed by atoms with E-state index in [2.05, 4.69) is 17.0 Å². The van der Waals surface area contributed by atoms with Gasteiger partial charge < -0.3 is 10.0 Å². The van der Waals surface area contributed by atoms with E-state index in [1.165, 1.54) is 11.6 Å². The molecule has 4 nitrogen and oxygen atoms in total. The summed E-state index contributed by atoms with van der Waals surface area (Å²) < 4.78 is 13.9. The lowest BCUT2D eigenvalue weighted by Crippen LogP contribution is -2.34. The first kappa shape index (κ1) is 19.1. The molecule has 2 aliphatic heterocycles. The Morgan fingerprint density at radius 3 is 2.63 bits per heavy atom. The highest BCUT2D eigenvalue weighted by Crippen LogP contribution is 2.45. The van der Waals surface area contributed by atoms with Gasteiger partial charge in [0.2, 0.25) is 5.91 Å². The fourth-order valence-corrected chi connectivity index (χ4v) is 5.35. The van der Waals surface area contributed by atoms with Gasteiger partial charge in [0.15, 0.2) is 0 Å². The summed E-state index contributed by atoms with van der Waals surface area (Å²) in [5.41, 5.74) is 2.13. The quantitative estimate of drug-likeness (QED) is 0.706. The normalized spacial score (nSPS) is 23.8. The van der Waals surface area contributed by atoms with Crippen LogP contribution in [0, 0.1) is 17.7 Å². The molecule has 0 radical (unpaired) electrons. The summed E-state index contributed by atoms with van der Waals surface area (Å²) in [5, 5.41) is 11.8. The third-order valence-corrected chi connectivity index (χ3v) is 6.63. The summed E-state index contributed by atoms with van der Waals surface area (Å²) in [5.74, 6) is 0.799. The Bertz CT molecular complexity index is 1120. The molecule has 3 aromatic rings. The molecule has 0 aliphatic carbocycles. The van der Waals surface area contributed by atoms with Crippen LogP contribution in [-0.2, 0) is 11.3 Å². The van der Waals surface area contributed by atoms with E-state index >= 15 is 0 Å². The van der Waals surface area contributed by atoms with Crippen molar-refractivity contribution in [2.45, 2.75) is 19.5 Å². The number of amides is 1. The number of likely N-dealkylation sites (tertiary alicyclic amines) is 2. The molecule has 1 N–H and O–H groups in total. The predicted molar refractivity (Wildman–Crippen MR) is 114 cm³/mol. The Kier molecular flexibility index (Phi) is 4.70. The zero-order chi connectivity index (χ0) is 20.8. The van der Waals surface area contributed by atoms with Crippen molar-refractivity contribution in [1.82, 2.24) is 9.80 Å². The number of aromatic hydroxyl groups is 1. The Balaban J connectivity index is 1.36. The molecule has 5 heteroatoms. The molecule has 2 saturated heterocycles. The van der Waals surface area contributed by atoms with Gasteiger partial charge in [-0.2, -0.15) is 0 Å². The molecule has 2 heterocycles. The molecule has 1 amide bonds. The van der Waals surface area contributed by atoms with Gasteiger partial charge in [-0.15, -0.1) is 0 Å². The molecule has 2 aliphatic rings. The summed E-state index contributed by atoms with van der Waals surface area (Å²) in [6.45, 7) is 5.02. The van der Waals surface area contributed by atoms with Crippen LogP contribution in [0.3, 0.4) is 0 Å². The molecular weight excluding hydrogens is 379 g/mol. The summed E-state index contributed by atoms with van der Waals surface area (Å²) in [6.07, 6.45) is 0. The number of carbonyl (C=O) groups is 1. The van der Waals surface area contributed by atoms with Crippen LogP contribution in [0.1, 0.15) is 24.1 Å². The molecule has 0 unspecified atom stereocenters. The summed E-state index contributed by atoms with van der Waals surface area (Å²) in [6, 6.07) is 18.4. The van der Waals surface area contributed by atoms with E-state index in [9.17, 15) is 14.3 Å². The molecule has 5 rings (SSSR count). The van der Waals surface area contributed by atoms with E-state index in [-0.39, 0.29) is 23.5 Å². The van der Waals surface area contributed by atoms with Crippen molar-refractivity contribution in [3.63, 3.8) is 0 Å². The Labute approximate surface area is 175 Å². The summed E-state index contributed by atoms with van der Waals surface area (Å²) in [4.78, 5) is 16.6. The average Bonchev–Trinajstić information content (AvgIpc) is 3.25. The maximum absolute atomic E-state index is 13.9. The van der Waals surface area contributed by atoms with Gasteiger partial charge >= 0.3 is 0 Å². The third-order valence-electron chi connectivity index (χ3n) is 6.63. The van der Waals surface area contributed by atoms with Crippen molar-refractivity contribution < 1.29 is 14.3 Å². The number of benzene rings is 3. The van der Waals surface area contributed by atoms with E-state index in [1.54, 1.807) is 31.2 Å². The molecule has 0 saturated carbocycles. The molecule has 30 heavy (non-hydrogen) atoms. The lowest BCUT2D eigenvalue weighted by Gasteiger charge is -2.29. The molecule has 3 atom stereocenters. The molecule has 2 fully saturated rings. The van der Waals surface area contributed by atoms with Gasteiger partial charge in [-0.1, -0.05) is 30.3 Å². The summed E-state index contributed by atoms with van der Waals surface area (Å²) in [7, 11) is 0. The number of nitrogens with zero attached hydrogens (tertiary/aromatic N) is 2. The maximum atomic E-state index is 13.9. The highest BCUT2D eigenvalue weighted by atomic mass is 19.1. The third kappa shape index (κ3) is 3.43. The molecule has 154 valence electrons. The highest BCUT2D eigenvalue weighted by Gasteiger charge is 2.48. The number of rotatable bonds is 3. The van der Waals surface area contributed by atoms with E-state index in [4.69, 9.17) is 0 Å². The molecule has 3 aromatic carbocycles. The number of fused-ring (bicyclic) bond motifs is 2. The lowest BCUT2D eigenvalue weighted by molar-refractivity contribution is -0.130. The SMILES string of the molecule is CC(=O)N1C[C@H]2CN(Cc3ccc4cc(O)ccc4c3)C[C@H]2[C@H]1c1cccc(F)c1. The zero-order valence-corrected chi connectivity index (χ0v) is 17.0. The second-order valence-electron chi connectivity index (χ2n) is 8.66. The zero-order valence-electron chi connectivity index (χ0n) is 17.0. The Hall–Kier alpha value is -2.92. The predicted octanol–water partition coefficient (Wildman–Crippen LogP) is 4.34. The fourth-order valence-electron chi connectivity index (χ4n) is 5.35. The van der Waals surface area contributed by atoms with Crippen LogP contribution in [0.15, 0.2) is 60.7 Å². The minimum atomic E-state index is -0.253. The van der Waals surface area contributed by atoms with Crippen LogP contribution in [-0.4, -0.2) is 40.4 Å². The Morgan fingerprint density at radius 1 is 1.03 bits per heavy atom. The van der Waals surface area contributed by atoms with Crippen LogP contribution in [0.5, 0.6) is 5.75 Å². The van der Waals surface area contributed by atoms with Crippen molar-refractivity contribution in [2.24, 2.45) is 11.8 Å². The molecule has 0 spiro atoms. The van der Waals surface area contributed by atoms with Crippen molar-refractivity contribution in [1.29, 1.82) is 0 Å². The first-order valence-electron chi connectivity index (χ1n) is 10.4. The van der Waals surface area contributed by atoms with Gasteiger partial charge in [-0.05, 0) is 58.1 Å². The number of phenols is 1. The van der Waals surface area contributed by atoms with Gasteiger partial charge in [-0.25, -0.2) is 4.39 Å². The van der Waals surface area contributed by atoms with Gasteiger partial charge in [0.1, 0.15) is 11.6 Å². The van der Waals surface area contributed by atoms with Gasteiger partial charge in [0.05, 0.1) is 6.04 Å².